The van der Waals surface area contributed by atoms with Crippen LogP contribution in [-0.4, -0.2) is 43.3 Å². The van der Waals surface area contributed by atoms with Gasteiger partial charge < -0.3 is 15.4 Å². The summed E-state index contributed by atoms with van der Waals surface area (Å²) >= 11 is 0. The van der Waals surface area contributed by atoms with Gasteiger partial charge in [-0.05, 0) is 46.4 Å². The Morgan fingerprint density at radius 2 is 1.77 bits per heavy atom. The van der Waals surface area contributed by atoms with Crippen molar-refractivity contribution in [2.45, 2.75) is 19.1 Å². The monoisotopic (exact) mass is 413 g/mol. The second kappa shape index (κ2) is 8.92. The molecule has 1 aliphatic heterocycles. The van der Waals surface area contributed by atoms with Crippen LogP contribution >= 0.6 is 0 Å². The van der Waals surface area contributed by atoms with Crippen LogP contribution in [0.4, 0.5) is 10.5 Å². The summed E-state index contributed by atoms with van der Waals surface area (Å²) in [7, 11) is 0. The molecule has 1 atom stereocenters. The first-order valence-electron chi connectivity index (χ1n) is 10.9. The highest BCUT2D eigenvalue weighted by Crippen LogP contribution is 2.37. The molecule has 3 aromatic carbocycles. The molecule has 2 N–H and O–H groups in total. The number of nitrogens with one attached hydrogen (secondary N) is 2. The lowest BCUT2D eigenvalue weighted by molar-refractivity contribution is -0.0285. The van der Waals surface area contributed by atoms with E-state index in [1.165, 1.54) is 27.8 Å². The Morgan fingerprint density at radius 3 is 2.68 bits per heavy atom. The summed E-state index contributed by atoms with van der Waals surface area (Å²) in [6.45, 7) is 3.81. The number of anilines is 1. The quantitative estimate of drug-likeness (QED) is 0.513. The molecule has 1 aliphatic carbocycles. The van der Waals surface area contributed by atoms with Gasteiger partial charge in [-0.25, -0.2) is 4.79 Å². The maximum atomic E-state index is 12.5. The van der Waals surface area contributed by atoms with E-state index >= 15 is 0 Å². The zero-order valence-corrected chi connectivity index (χ0v) is 17.5. The molecule has 0 aromatic heterocycles. The Balaban J connectivity index is 1.12. The van der Waals surface area contributed by atoms with Crippen LogP contribution in [0.1, 0.15) is 16.7 Å². The van der Waals surface area contributed by atoms with Crippen molar-refractivity contribution >= 4 is 11.7 Å². The van der Waals surface area contributed by atoms with Gasteiger partial charge in [0.25, 0.3) is 0 Å². The minimum Gasteiger partial charge on any atom is -0.374 e. The summed E-state index contributed by atoms with van der Waals surface area (Å²) in [6, 6.07) is 24.9. The van der Waals surface area contributed by atoms with Gasteiger partial charge in [-0.3, -0.25) is 4.90 Å². The number of fused-ring (bicyclic) bond motifs is 3. The van der Waals surface area contributed by atoms with E-state index in [0.29, 0.717) is 13.2 Å². The van der Waals surface area contributed by atoms with E-state index in [9.17, 15) is 4.79 Å². The van der Waals surface area contributed by atoms with Crippen molar-refractivity contribution in [3.8, 4) is 11.1 Å². The zero-order valence-electron chi connectivity index (χ0n) is 17.5. The van der Waals surface area contributed by atoms with E-state index in [1.54, 1.807) is 0 Å². The minimum absolute atomic E-state index is 0.00210. The molecule has 1 fully saturated rings. The maximum absolute atomic E-state index is 12.5. The highest BCUT2D eigenvalue weighted by molar-refractivity contribution is 5.90. The second-order valence-corrected chi connectivity index (χ2v) is 8.25. The van der Waals surface area contributed by atoms with Crippen molar-refractivity contribution in [3.63, 3.8) is 0 Å². The average molecular weight is 414 g/mol. The third-order valence-corrected chi connectivity index (χ3v) is 6.01. The molecule has 1 saturated heterocycles. The SMILES string of the molecule is O=C(NCC1CN(Cc2ccccc2)CCO1)Nc1ccc2c(c1)Cc1ccccc1-2. The van der Waals surface area contributed by atoms with E-state index in [1.807, 2.05) is 12.1 Å². The Kier molecular flexibility index (Phi) is 5.69. The Bertz CT molecular complexity index is 1070. The first-order chi connectivity index (χ1) is 15.2. The molecule has 5 rings (SSSR count). The van der Waals surface area contributed by atoms with Crippen molar-refractivity contribution < 1.29 is 9.53 Å². The fourth-order valence-electron chi connectivity index (χ4n) is 4.49. The van der Waals surface area contributed by atoms with Crippen LogP contribution in [0.15, 0.2) is 72.8 Å². The first kappa shape index (κ1) is 19.8. The van der Waals surface area contributed by atoms with Crippen LogP contribution in [0.2, 0.25) is 0 Å². The fourth-order valence-corrected chi connectivity index (χ4v) is 4.49. The highest BCUT2D eigenvalue weighted by Gasteiger charge is 2.22. The van der Waals surface area contributed by atoms with Gasteiger partial charge in [0.15, 0.2) is 0 Å². The topological polar surface area (TPSA) is 53.6 Å². The predicted octanol–water partition coefficient (Wildman–Crippen LogP) is 4.28. The number of urea groups is 1. The van der Waals surface area contributed by atoms with Crippen molar-refractivity contribution in [2.75, 3.05) is 31.6 Å². The van der Waals surface area contributed by atoms with Crippen molar-refractivity contribution in [1.82, 2.24) is 10.2 Å². The Hall–Kier alpha value is -3.15. The van der Waals surface area contributed by atoms with Crippen molar-refractivity contribution in [2.24, 2.45) is 0 Å². The van der Waals surface area contributed by atoms with Gasteiger partial charge in [0, 0.05) is 31.9 Å². The molecule has 1 unspecified atom stereocenters. The minimum atomic E-state index is -0.195. The molecule has 3 aromatic rings. The fraction of sp³-hybridized carbons (Fsp3) is 0.269. The molecule has 5 nitrogen and oxygen atoms in total. The number of nitrogens with zero attached hydrogens (tertiary/aromatic N) is 1. The number of hydrogen-bond donors (Lipinski definition) is 2. The summed E-state index contributed by atoms with van der Waals surface area (Å²) in [5.41, 5.74) is 7.27. The lowest BCUT2D eigenvalue weighted by Crippen LogP contribution is -2.47. The molecule has 0 spiro atoms. The average Bonchev–Trinajstić information content (AvgIpc) is 3.16. The molecule has 158 valence electrons. The second-order valence-electron chi connectivity index (χ2n) is 8.25. The highest BCUT2D eigenvalue weighted by atomic mass is 16.5. The number of morpholine rings is 1. The normalized spacial score (nSPS) is 17.6. The number of carbonyl (C=O) groups excluding carboxylic acids is 1. The third kappa shape index (κ3) is 4.63. The summed E-state index contributed by atoms with van der Waals surface area (Å²) in [4.78, 5) is 14.8. The summed E-state index contributed by atoms with van der Waals surface area (Å²) in [5.74, 6) is 0. The molecule has 2 amide bonds. The van der Waals surface area contributed by atoms with Crippen LogP contribution < -0.4 is 10.6 Å². The molecule has 0 radical (unpaired) electrons. The molecule has 2 aliphatic rings. The number of carbonyl (C=O) groups is 1. The molecule has 31 heavy (non-hydrogen) atoms. The van der Waals surface area contributed by atoms with E-state index < -0.39 is 0 Å². The number of amides is 2. The zero-order chi connectivity index (χ0) is 21.0. The van der Waals surface area contributed by atoms with Gasteiger partial charge in [-0.2, -0.15) is 0 Å². The standard InChI is InChI=1S/C26H27N3O2/c30-26(27-16-23-18-29(12-13-31-23)17-19-6-2-1-3-7-19)28-22-10-11-25-21(15-22)14-20-8-4-5-9-24(20)25/h1-11,15,23H,12-14,16-18H2,(H2,27,28,30). The molecular formula is C26H27N3O2. The first-order valence-corrected chi connectivity index (χ1v) is 10.9. The van der Waals surface area contributed by atoms with Gasteiger partial charge in [0.05, 0.1) is 12.7 Å². The van der Waals surface area contributed by atoms with Crippen LogP contribution in [-0.2, 0) is 17.7 Å². The van der Waals surface area contributed by atoms with Crippen LogP contribution in [0, 0.1) is 0 Å². The van der Waals surface area contributed by atoms with Gasteiger partial charge in [-0.15, -0.1) is 0 Å². The summed E-state index contributed by atoms with van der Waals surface area (Å²) < 4.78 is 5.86. The van der Waals surface area contributed by atoms with Crippen molar-refractivity contribution in [1.29, 1.82) is 0 Å². The molecule has 1 heterocycles. The van der Waals surface area contributed by atoms with Crippen molar-refractivity contribution in [3.05, 3.63) is 89.5 Å². The third-order valence-electron chi connectivity index (χ3n) is 6.01. The van der Waals surface area contributed by atoms with E-state index in [-0.39, 0.29) is 12.1 Å². The van der Waals surface area contributed by atoms with Gasteiger partial charge in [0.1, 0.15) is 0 Å². The van der Waals surface area contributed by atoms with Gasteiger partial charge in [0.2, 0.25) is 0 Å². The van der Waals surface area contributed by atoms with Crippen LogP contribution in [0.25, 0.3) is 11.1 Å². The summed E-state index contributed by atoms with van der Waals surface area (Å²) in [5, 5.41) is 5.94. The Morgan fingerprint density at radius 1 is 0.968 bits per heavy atom. The molecule has 0 saturated carbocycles. The van der Waals surface area contributed by atoms with Crippen LogP contribution in [0.3, 0.4) is 0 Å². The number of ether oxygens (including phenoxy) is 1. The number of rotatable bonds is 5. The van der Waals surface area contributed by atoms with Gasteiger partial charge in [-0.1, -0.05) is 60.7 Å². The summed E-state index contributed by atoms with van der Waals surface area (Å²) in [6.07, 6.45) is 0.910. The predicted molar refractivity (Wildman–Crippen MR) is 123 cm³/mol. The Labute approximate surface area is 183 Å². The smallest absolute Gasteiger partial charge is 0.319 e. The van der Waals surface area contributed by atoms with Crippen LogP contribution in [0.5, 0.6) is 0 Å². The lowest BCUT2D eigenvalue weighted by atomic mass is 10.1. The van der Waals surface area contributed by atoms with Gasteiger partial charge >= 0.3 is 6.03 Å². The molecular weight excluding hydrogens is 386 g/mol. The molecule has 0 bridgehead atoms. The van der Waals surface area contributed by atoms with E-state index in [2.05, 4.69) is 76.2 Å². The number of benzene rings is 3. The maximum Gasteiger partial charge on any atom is 0.319 e. The number of hydrogen-bond acceptors (Lipinski definition) is 3. The van der Waals surface area contributed by atoms with E-state index in [4.69, 9.17) is 4.74 Å². The molecule has 5 heteroatoms. The largest absolute Gasteiger partial charge is 0.374 e. The lowest BCUT2D eigenvalue weighted by Gasteiger charge is -2.33. The van der Waals surface area contributed by atoms with E-state index in [0.717, 1.165) is 31.7 Å².